The summed E-state index contributed by atoms with van der Waals surface area (Å²) >= 11 is 5.47. The Morgan fingerprint density at radius 3 is 2.48 bits per heavy atom. The van der Waals surface area contributed by atoms with Gasteiger partial charge in [0, 0.05) is 30.9 Å². The Labute approximate surface area is 132 Å². The summed E-state index contributed by atoms with van der Waals surface area (Å²) in [6.07, 6.45) is 5.81. The van der Waals surface area contributed by atoms with Crippen LogP contribution in [0.2, 0.25) is 0 Å². The first-order valence-electron chi connectivity index (χ1n) is 7.16. The van der Waals surface area contributed by atoms with Gasteiger partial charge in [-0.25, -0.2) is 0 Å². The number of hydrogen-bond acceptors (Lipinski definition) is 3. The van der Waals surface area contributed by atoms with Crippen LogP contribution in [-0.4, -0.2) is 36.3 Å². The molecular formula is C14H26ClN5O. The van der Waals surface area contributed by atoms with Crippen molar-refractivity contribution in [3.05, 3.63) is 12.2 Å². The quantitative estimate of drug-likeness (QED) is 0.292. The highest BCUT2D eigenvalue weighted by molar-refractivity contribution is 6.21. The van der Waals surface area contributed by atoms with E-state index >= 15 is 0 Å². The maximum absolute atomic E-state index is 11.7. The Balaban J connectivity index is 4.12. The lowest BCUT2D eigenvalue weighted by Crippen LogP contribution is -2.48. The van der Waals surface area contributed by atoms with Crippen LogP contribution in [-0.2, 0) is 4.79 Å². The molecule has 0 saturated heterocycles. The third-order valence-electron chi connectivity index (χ3n) is 2.90. The van der Waals surface area contributed by atoms with E-state index in [-0.39, 0.29) is 17.8 Å². The Kier molecular flexibility index (Phi) is 10.3. The minimum Gasteiger partial charge on any atom is -0.355 e. The van der Waals surface area contributed by atoms with Crippen LogP contribution in [0.25, 0.3) is 0 Å². The number of carbonyl (C=O) groups is 1. The molecule has 6 nitrogen and oxygen atoms in total. The Bertz CT molecular complexity index is 395. The summed E-state index contributed by atoms with van der Waals surface area (Å²) in [6.45, 7) is 8.04. The molecule has 120 valence electrons. The van der Waals surface area contributed by atoms with Crippen molar-refractivity contribution in [2.45, 2.75) is 46.0 Å². The monoisotopic (exact) mass is 315 g/mol. The SMILES string of the molecule is C=C(C)C(=O)N(C)C(=N)N/C(=N/Cl)NCCCCCCC. The van der Waals surface area contributed by atoms with Crippen LogP contribution in [0.5, 0.6) is 0 Å². The topological polar surface area (TPSA) is 80.6 Å². The second-order valence-corrected chi connectivity index (χ2v) is 5.06. The van der Waals surface area contributed by atoms with Gasteiger partial charge in [0.25, 0.3) is 5.91 Å². The number of hydrogen-bond donors (Lipinski definition) is 3. The third kappa shape index (κ3) is 8.34. The molecule has 0 spiro atoms. The molecule has 0 unspecified atom stereocenters. The van der Waals surface area contributed by atoms with Gasteiger partial charge in [-0.05, 0) is 13.3 Å². The zero-order valence-electron chi connectivity index (χ0n) is 13.1. The number of carbonyl (C=O) groups excluding carboxylic acids is 1. The lowest BCUT2D eigenvalue weighted by atomic mass is 10.1. The van der Waals surface area contributed by atoms with Gasteiger partial charge in [0.1, 0.15) is 0 Å². The van der Waals surface area contributed by atoms with E-state index in [2.05, 4.69) is 28.6 Å². The van der Waals surface area contributed by atoms with Gasteiger partial charge in [-0.15, -0.1) is 4.51 Å². The molecule has 3 N–H and O–H groups in total. The van der Waals surface area contributed by atoms with Gasteiger partial charge < -0.3 is 5.32 Å². The van der Waals surface area contributed by atoms with Crippen molar-refractivity contribution in [1.29, 1.82) is 5.41 Å². The van der Waals surface area contributed by atoms with Crippen molar-refractivity contribution in [1.82, 2.24) is 15.5 Å². The molecule has 0 aliphatic heterocycles. The molecule has 0 atom stereocenters. The average molecular weight is 316 g/mol. The number of halogens is 1. The molecule has 21 heavy (non-hydrogen) atoms. The normalized spacial score (nSPS) is 11.0. The summed E-state index contributed by atoms with van der Waals surface area (Å²) in [5.41, 5.74) is 0.359. The van der Waals surface area contributed by atoms with E-state index in [0.717, 1.165) is 17.7 Å². The summed E-state index contributed by atoms with van der Waals surface area (Å²) in [5.74, 6) is -0.180. The lowest BCUT2D eigenvalue weighted by molar-refractivity contribution is -0.122. The molecule has 1 amide bonds. The minimum atomic E-state index is -0.332. The van der Waals surface area contributed by atoms with Gasteiger partial charge in [0.05, 0.1) is 0 Å². The second kappa shape index (κ2) is 11.1. The van der Waals surface area contributed by atoms with Gasteiger partial charge in [-0.2, -0.15) is 0 Å². The number of guanidine groups is 2. The fraction of sp³-hybridized carbons (Fsp3) is 0.643. The van der Waals surface area contributed by atoms with Gasteiger partial charge in [-0.3, -0.25) is 20.4 Å². The molecule has 0 bridgehead atoms. The van der Waals surface area contributed by atoms with Gasteiger partial charge in [0.2, 0.25) is 11.9 Å². The molecular weight excluding hydrogens is 290 g/mol. The van der Waals surface area contributed by atoms with Crippen LogP contribution in [0.3, 0.4) is 0 Å². The zero-order chi connectivity index (χ0) is 16.3. The number of amides is 1. The third-order valence-corrected chi connectivity index (χ3v) is 3.07. The van der Waals surface area contributed by atoms with Crippen LogP contribution >= 0.6 is 11.8 Å². The first kappa shape index (κ1) is 19.4. The van der Waals surface area contributed by atoms with E-state index in [1.54, 1.807) is 6.92 Å². The van der Waals surface area contributed by atoms with Crippen molar-refractivity contribution in [3.63, 3.8) is 0 Å². The predicted octanol–water partition coefficient (Wildman–Crippen LogP) is 2.62. The minimum absolute atomic E-state index is 0.110. The summed E-state index contributed by atoms with van der Waals surface area (Å²) in [7, 11) is 1.49. The van der Waals surface area contributed by atoms with Crippen LogP contribution in [0.15, 0.2) is 16.7 Å². The fourth-order valence-corrected chi connectivity index (χ4v) is 1.72. The molecule has 0 heterocycles. The Morgan fingerprint density at radius 1 is 1.33 bits per heavy atom. The molecule has 0 rings (SSSR count). The molecule has 0 fully saturated rings. The van der Waals surface area contributed by atoms with Crippen molar-refractivity contribution in [2.75, 3.05) is 13.6 Å². The second-order valence-electron chi connectivity index (χ2n) is 4.89. The number of rotatable bonds is 7. The highest BCUT2D eigenvalue weighted by atomic mass is 35.5. The van der Waals surface area contributed by atoms with Crippen LogP contribution in [0.4, 0.5) is 0 Å². The van der Waals surface area contributed by atoms with E-state index in [1.807, 2.05) is 0 Å². The number of unbranched alkanes of at least 4 members (excludes halogenated alkanes) is 4. The van der Waals surface area contributed by atoms with E-state index in [9.17, 15) is 4.79 Å². The first-order chi connectivity index (χ1) is 9.93. The van der Waals surface area contributed by atoms with Crippen molar-refractivity contribution in [3.8, 4) is 0 Å². The van der Waals surface area contributed by atoms with E-state index in [4.69, 9.17) is 17.2 Å². The summed E-state index contributed by atoms with van der Waals surface area (Å²) in [5, 5.41) is 13.5. The highest BCUT2D eigenvalue weighted by Gasteiger charge is 2.15. The molecule has 0 aliphatic carbocycles. The van der Waals surface area contributed by atoms with Crippen molar-refractivity contribution >= 4 is 29.6 Å². The fourth-order valence-electron chi connectivity index (χ4n) is 1.61. The van der Waals surface area contributed by atoms with Crippen LogP contribution in [0.1, 0.15) is 46.0 Å². The smallest absolute Gasteiger partial charge is 0.255 e. The summed E-state index contributed by atoms with van der Waals surface area (Å²) in [4.78, 5) is 12.8. The van der Waals surface area contributed by atoms with E-state index in [0.29, 0.717) is 12.1 Å². The maximum atomic E-state index is 11.7. The highest BCUT2D eigenvalue weighted by Crippen LogP contribution is 2.01. The van der Waals surface area contributed by atoms with Crippen molar-refractivity contribution < 1.29 is 4.79 Å². The molecule has 0 aromatic heterocycles. The summed E-state index contributed by atoms with van der Waals surface area (Å²) in [6, 6.07) is 0. The van der Waals surface area contributed by atoms with E-state index in [1.165, 1.54) is 26.3 Å². The van der Waals surface area contributed by atoms with E-state index < -0.39 is 0 Å². The van der Waals surface area contributed by atoms with Gasteiger partial charge in [-0.1, -0.05) is 39.2 Å². The molecule has 0 aromatic carbocycles. The molecule has 0 saturated carbocycles. The molecule has 0 aliphatic rings. The molecule has 0 aromatic rings. The zero-order valence-corrected chi connectivity index (χ0v) is 13.9. The van der Waals surface area contributed by atoms with Crippen molar-refractivity contribution in [2.24, 2.45) is 4.51 Å². The number of likely N-dealkylation sites (N-methyl/N-ethyl adjacent to an activating group) is 1. The Morgan fingerprint density at radius 2 is 1.95 bits per heavy atom. The largest absolute Gasteiger partial charge is 0.355 e. The standard InChI is InChI=1S/C14H26ClN5O/c1-5-6-7-8-9-10-17-14(19-15)18-13(16)20(4)12(21)11(2)3/h2,5-10H2,1,3-4H3,(H3,16,17,18,19). The first-order valence-corrected chi connectivity index (χ1v) is 7.49. The lowest BCUT2D eigenvalue weighted by Gasteiger charge is -2.20. The van der Waals surface area contributed by atoms with Gasteiger partial charge in [0.15, 0.2) is 0 Å². The average Bonchev–Trinajstić information content (AvgIpc) is 2.47. The number of nitrogens with zero attached hydrogens (tertiary/aromatic N) is 2. The Hall–Kier alpha value is -1.56. The predicted molar refractivity (Wildman–Crippen MR) is 88.5 cm³/mol. The van der Waals surface area contributed by atoms with Crippen LogP contribution in [0, 0.1) is 5.41 Å². The van der Waals surface area contributed by atoms with Gasteiger partial charge >= 0.3 is 0 Å². The van der Waals surface area contributed by atoms with Crippen LogP contribution < -0.4 is 10.6 Å². The summed E-state index contributed by atoms with van der Waals surface area (Å²) < 4.78 is 3.51. The number of nitrogens with one attached hydrogen (secondary N) is 3. The maximum Gasteiger partial charge on any atom is 0.255 e. The molecule has 7 heteroatoms. The molecule has 0 radical (unpaired) electrons.